The van der Waals surface area contributed by atoms with Gasteiger partial charge in [0.05, 0.1) is 6.04 Å². The van der Waals surface area contributed by atoms with E-state index in [9.17, 15) is 0 Å². The van der Waals surface area contributed by atoms with Crippen LogP contribution in [0.5, 0.6) is 0 Å². The van der Waals surface area contributed by atoms with E-state index in [2.05, 4.69) is 24.1 Å². The molecule has 0 aliphatic heterocycles. The third-order valence-electron chi connectivity index (χ3n) is 4.35. The Morgan fingerprint density at radius 1 is 1.42 bits per heavy atom. The van der Waals surface area contributed by atoms with Crippen LogP contribution in [0.25, 0.3) is 0 Å². The maximum Gasteiger partial charge on any atom is 0.109 e. The molecule has 0 aromatic carbocycles. The van der Waals surface area contributed by atoms with Crippen LogP contribution in [0, 0.1) is 11.8 Å². The molecule has 3 unspecified atom stereocenters. The third kappa shape index (κ3) is 4.01. The van der Waals surface area contributed by atoms with Gasteiger partial charge < -0.3 is 11.1 Å². The molecule has 19 heavy (non-hydrogen) atoms. The number of thiazole rings is 1. The number of nitrogens with one attached hydrogen (secondary N) is 1. The van der Waals surface area contributed by atoms with Crippen LogP contribution in [0.4, 0.5) is 0 Å². The summed E-state index contributed by atoms with van der Waals surface area (Å²) < 4.78 is 0. The molecule has 0 spiro atoms. The first-order valence-corrected chi connectivity index (χ1v) is 8.44. The Balaban J connectivity index is 1.83. The molecule has 0 amide bonds. The van der Waals surface area contributed by atoms with Gasteiger partial charge in [-0.2, -0.15) is 0 Å². The van der Waals surface area contributed by atoms with Crippen LogP contribution >= 0.6 is 11.3 Å². The Morgan fingerprint density at radius 2 is 2.16 bits per heavy atom. The highest BCUT2D eigenvalue weighted by Crippen LogP contribution is 2.29. The van der Waals surface area contributed by atoms with Gasteiger partial charge in [-0.15, -0.1) is 11.3 Å². The van der Waals surface area contributed by atoms with E-state index in [1.807, 2.05) is 17.5 Å². The van der Waals surface area contributed by atoms with Gasteiger partial charge >= 0.3 is 0 Å². The van der Waals surface area contributed by atoms with Crippen molar-refractivity contribution in [2.75, 3.05) is 13.1 Å². The summed E-state index contributed by atoms with van der Waals surface area (Å²) in [5, 5.41) is 4.88. The van der Waals surface area contributed by atoms with Crippen molar-refractivity contribution < 1.29 is 0 Å². The smallest absolute Gasteiger partial charge is 0.109 e. The second kappa shape index (κ2) is 7.36. The van der Waals surface area contributed by atoms with E-state index >= 15 is 0 Å². The number of hydrogen-bond donors (Lipinski definition) is 2. The van der Waals surface area contributed by atoms with Crippen molar-refractivity contribution in [3.8, 4) is 0 Å². The summed E-state index contributed by atoms with van der Waals surface area (Å²) >= 11 is 1.84. The lowest BCUT2D eigenvalue weighted by atomic mass is 9.79. The van der Waals surface area contributed by atoms with E-state index in [1.54, 1.807) is 0 Å². The van der Waals surface area contributed by atoms with Crippen molar-refractivity contribution in [2.45, 2.75) is 52.0 Å². The molecular formula is C15H27N3S. The van der Waals surface area contributed by atoms with Gasteiger partial charge in [0.1, 0.15) is 5.01 Å². The van der Waals surface area contributed by atoms with Gasteiger partial charge in [-0.25, -0.2) is 4.98 Å². The predicted molar refractivity (Wildman–Crippen MR) is 82.4 cm³/mol. The topological polar surface area (TPSA) is 50.9 Å². The fourth-order valence-corrected chi connectivity index (χ4v) is 3.85. The predicted octanol–water partition coefficient (Wildman–Crippen LogP) is 3.12. The zero-order chi connectivity index (χ0) is 13.7. The Morgan fingerprint density at radius 3 is 2.79 bits per heavy atom. The molecule has 0 saturated heterocycles. The summed E-state index contributed by atoms with van der Waals surface area (Å²) in [7, 11) is 0. The molecule has 1 fully saturated rings. The number of nitrogens with two attached hydrogens (primary N) is 1. The molecule has 0 bridgehead atoms. The van der Waals surface area contributed by atoms with Gasteiger partial charge in [-0.1, -0.05) is 19.8 Å². The van der Waals surface area contributed by atoms with Gasteiger partial charge in [0.25, 0.3) is 0 Å². The van der Waals surface area contributed by atoms with Crippen LogP contribution in [0.2, 0.25) is 0 Å². The summed E-state index contributed by atoms with van der Waals surface area (Å²) in [5.41, 5.74) is 5.89. The summed E-state index contributed by atoms with van der Waals surface area (Å²) in [5.74, 6) is 1.47. The molecule has 3 atom stereocenters. The van der Waals surface area contributed by atoms with Crippen LogP contribution in [0.15, 0.2) is 6.20 Å². The van der Waals surface area contributed by atoms with Crippen LogP contribution in [-0.4, -0.2) is 18.1 Å². The molecule has 0 radical (unpaired) electrons. The zero-order valence-corrected chi connectivity index (χ0v) is 13.0. The highest BCUT2D eigenvalue weighted by Gasteiger charge is 2.24. The molecule has 1 aromatic heterocycles. The lowest BCUT2D eigenvalue weighted by Crippen LogP contribution is -2.35. The number of aromatic nitrogens is 1. The SMILES string of the molecule is CCc1cnc(C(C)NCC2CCCCC2CN)s1. The summed E-state index contributed by atoms with van der Waals surface area (Å²) in [6, 6.07) is 0.366. The van der Waals surface area contributed by atoms with Crippen molar-refractivity contribution in [1.82, 2.24) is 10.3 Å². The first kappa shape index (κ1) is 14.9. The average Bonchev–Trinajstić information content (AvgIpc) is 2.94. The molecular weight excluding hydrogens is 254 g/mol. The van der Waals surface area contributed by atoms with E-state index in [0.717, 1.165) is 31.3 Å². The highest BCUT2D eigenvalue weighted by molar-refractivity contribution is 7.11. The Labute approximate surface area is 121 Å². The quantitative estimate of drug-likeness (QED) is 0.842. The number of hydrogen-bond acceptors (Lipinski definition) is 4. The van der Waals surface area contributed by atoms with Crippen molar-refractivity contribution in [2.24, 2.45) is 17.6 Å². The number of rotatable bonds is 6. The van der Waals surface area contributed by atoms with Crippen LogP contribution in [-0.2, 0) is 6.42 Å². The number of aryl methyl sites for hydroxylation is 1. The van der Waals surface area contributed by atoms with Gasteiger partial charge in [0.15, 0.2) is 0 Å². The molecule has 3 N–H and O–H groups in total. The lowest BCUT2D eigenvalue weighted by Gasteiger charge is -2.31. The zero-order valence-electron chi connectivity index (χ0n) is 12.2. The minimum absolute atomic E-state index is 0.366. The highest BCUT2D eigenvalue weighted by atomic mass is 32.1. The third-order valence-corrected chi connectivity index (χ3v) is 5.67. The summed E-state index contributed by atoms with van der Waals surface area (Å²) in [4.78, 5) is 5.90. The van der Waals surface area contributed by atoms with Gasteiger partial charge in [0.2, 0.25) is 0 Å². The minimum atomic E-state index is 0.366. The van der Waals surface area contributed by atoms with Crippen molar-refractivity contribution in [3.63, 3.8) is 0 Å². The fourth-order valence-electron chi connectivity index (χ4n) is 2.97. The summed E-state index contributed by atoms with van der Waals surface area (Å²) in [6.07, 6.45) is 8.48. The normalized spacial score (nSPS) is 25.4. The second-order valence-corrected chi connectivity index (χ2v) is 6.84. The maximum atomic E-state index is 5.89. The van der Waals surface area contributed by atoms with Gasteiger partial charge in [-0.3, -0.25) is 0 Å². The molecule has 1 saturated carbocycles. The van der Waals surface area contributed by atoms with E-state index in [0.29, 0.717) is 6.04 Å². The minimum Gasteiger partial charge on any atom is -0.330 e. The fraction of sp³-hybridized carbons (Fsp3) is 0.800. The van der Waals surface area contributed by atoms with E-state index < -0.39 is 0 Å². The second-order valence-electron chi connectivity index (χ2n) is 5.69. The molecule has 1 aliphatic carbocycles. The molecule has 1 aromatic rings. The first-order chi connectivity index (χ1) is 9.24. The average molecular weight is 281 g/mol. The Hall–Kier alpha value is -0.450. The van der Waals surface area contributed by atoms with Crippen LogP contribution in [0.3, 0.4) is 0 Å². The van der Waals surface area contributed by atoms with Crippen molar-refractivity contribution >= 4 is 11.3 Å². The van der Waals surface area contributed by atoms with Gasteiger partial charge in [-0.05, 0) is 51.1 Å². The monoisotopic (exact) mass is 281 g/mol. The van der Waals surface area contributed by atoms with Crippen molar-refractivity contribution in [1.29, 1.82) is 0 Å². The molecule has 3 nitrogen and oxygen atoms in total. The van der Waals surface area contributed by atoms with Gasteiger partial charge in [0, 0.05) is 11.1 Å². The molecule has 108 valence electrons. The Bertz CT molecular complexity index is 377. The standard InChI is InChI=1S/C15H27N3S/c1-3-14-10-18-15(19-14)11(2)17-9-13-7-5-4-6-12(13)8-16/h10-13,17H,3-9,16H2,1-2H3. The van der Waals surface area contributed by atoms with E-state index in [4.69, 9.17) is 5.73 Å². The summed E-state index contributed by atoms with van der Waals surface area (Å²) in [6.45, 7) is 6.34. The van der Waals surface area contributed by atoms with E-state index in [1.165, 1.54) is 35.6 Å². The first-order valence-electron chi connectivity index (χ1n) is 7.62. The van der Waals surface area contributed by atoms with E-state index in [-0.39, 0.29) is 0 Å². The largest absolute Gasteiger partial charge is 0.330 e. The van der Waals surface area contributed by atoms with Crippen LogP contribution in [0.1, 0.15) is 55.5 Å². The van der Waals surface area contributed by atoms with Crippen LogP contribution < -0.4 is 11.1 Å². The maximum absolute atomic E-state index is 5.89. The molecule has 1 heterocycles. The molecule has 4 heteroatoms. The molecule has 2 rings (SSSR count). The Kier molecular flexibility index (Phi) is 5.79. The molecule has 1 aliphatic rings. The van der Waals surface area contributed by atoms with Crippen molar-refractivity contribution in [3.05, 3.63) is 16.1 Å². The lowest BCUT2D eigenvalue weighted by molar-refractivity contribution is 0.231. The number of nitrogens with zero attached hydrogens (tertiary/aromatic N) is 1.